The van der Waals surface area contributed by atoms with Crippen molar-refractivity contribution in [1.82, 2.24) is 4.57 Å². The van der Waals surface area contributed by atoms with Crippen molar-refractivity contribution in [1.29, 1.82) is 0 Å². The fourth-order valence-corrected chi connectivity index (χ4v) is 2.68. The highest BCUT2D eigenvalue weighted by atomic mass is 35.5. The number of hydrogen-bond acceptors (Lipinski definition) is 2. The van der Waals surface area contributed by atoms with Gasteiger partial charge in [-0.3, -0.25) is 4.79 Å². The molecular weight excluding hydrogens is 312 g/mol. The molecule has 118 valence electrons. The summed E-state index contributed by atoms with van der Waals surface area (Å²) in [4.78, 5) is 12.2. The number of carbonyl (C=O) groups excluding carboxylic acids is 1. The van der Waals surface area contributed by atoms with Crippen molar-refractivity contribution in [3.8, 4) is 5.75 Å². The average molecular weight is 329 g/mol. The van der Waals surface area contributed by atoms with Crippen LogP contribution in [0.3, 0.4) is 0 Å². The number of benzene rings is 2. The van der Waals surface area contributed by atoms with Crippen molar-refractivity contribution in [2.45, 2.75) is 13.5 Å². The van der Waals surface area contributed by atoms with Gasteiger partial charge in [0.2, 0.25) is 5.91 Å². The lowest BCUT2D eigenvalue weighted by Gasteiger charge is -2.08. The summed E-state index contributed by atoms with van der Waals surface area (Å²) >= 11 is 5.92. The molecule has 0 aliphatic heterocycles. The number of nitrogens with zero attached hydrogens (tertiary/aromatic N) is 1. The maximum Gasteiger partial charge on any atom is 0.244 e. The molecule has 0 fully saturated rings. The number of fused-ring (bicyclic) bond motifs is 1. The fraction of sp³-hybridized carbons (Fsp3) is 0.167. The molecule has 1 amide bonds. The number of ether oxygens (including phenoxy) is 1. The molecule has 0 bridgehead atoms. The molecule has 23 heavy (non-hydrogen) atoms. The predicted molar refractivity (Wildman–Crippen MR) is 93.2 cm³/mol. The predicted octanol–water partition coefficient (Wildman–Crippen LogP) is 4.33. The molecular formula is C18H17ClN2O2. The van der Waals surface area contributed by atoms with Gasteiger partial charge in [0.1, 0.15) is 12.3 Å². The van der Waals surface area contributed by atoms with Gasteiger partial charge in [0.05, 0.1) is 6.61 Å². The van der Waals surface area contributed by atoms with E-state index in [1.165, 1.54) is 0 Å². The highest BCUT2D eigenvalue weighted by molar-refractivity contribution is 6.30. The molecule has 3 rings (SSSR count). The van der Waals surface area contributed by atoms with Crippen LogP contribution in [0.25, 0.3) is 10.9 Å². The Morgan fingerprint density at radius 2 is 2.09 bits per heavy atom. The van der Waals surface area contributed by atoms with E-state index in [4.69, 9.17) is 16.3 Å². The fourth-order valence-electron chi connectivity index (χ4n) is 2.49. The van der Waals surface area contributed by atoms with Gasteiger partial charge in [0, 0.05) is 27.8 Å². The Morgan fingerprint density at radius 1 is 1.22 bits per heavy atom. The number of hydrogen-bond donors (Lipinski definition) is 1. The van der Waals surface area contributed by atoms with Crippen molar-refractivity contribution in [3.63, 3.8) is 0 Å². The first-order valence-corrected chi connectivity index (χ1v) is 7.80. The van der Waals surface area contributed by atoms with Gasteiger partial charge in [-0.2, -0.15) is 0 Å². The Kier molecular flexibility index (Phi) is 4.53. The van der Waals surface area contributed by atoms with E-state index in [2.05, 4.69) is 5.32 Å². The number of amides is 1. The van der Waals surface area contributed by atoms with E-state index >= 15 is 0 Å². The minimum Gasteiger partial charge on any atom is -0.494 e. The maximum atomic E-state index is 12.2. The SMILES string of the molecule is CCOc1ccc2c(ccn2CC(=O)Nc2cccc(Cl)c2)c1. The van der Waals surface area contributed by atoms with Gasteiger partial charge >= 0.3 is 0 Å². The average Bonchev–Trinajstić information content (AvgIpc) is 2.90. The Bertz CT molecular complexity index is 842. The minimum atomic E-state index is -0.0985. The third kappa shape index (κ3) is 3.66. The van der Waals surface area contributed by atoms with Gasteiger partial charge in [0.15, 0.2) is 0 Å². The lowest BCUT2D eigenvalue weighted by molar-refractivity contribution is -0.116. The summed E-state index contributed by atoms with van der Waals surface area (Å²) in [6.45, 7) is 2.83. The van der Waals surface area contributed by atoms with E-state index in [0.717, 1.165) is 16.7 Å². The van der Waals surface area contributed by atoms with Gasteiger partial charge < -0.3 is 14.6 Å². The maximum absolute atomic E-state index is 12.2. The molecule has 0 atom stereocenters. The third-order valence-electron chi connectivity index (χ3n) is 3.48. The summed E-state index contributed by atoms with van der Waals surface area (Å²) in [5.41, 5.74) is 1.69. The zero-order valence-corrected chi connectivity index (χ0v) is 13.5. The molecule has 0 radical (unpaired) electrons. The molecule has 0 aliphatic carbocycles. The molecule has 1 heterocycles. The van der Waals surface area contributed by atoms with Crippen molar-refractivity contribution >= 4 is 34.1 Å². The zero-order chi connectivity index (χ0) is 16.2. The molecule has 4 nitrogen and oxygen atoms in total. The first kappa shape index (κ1) is 15.4. The molecule has 1 aromatic heterocycles. The van der Waals surface area contributed by atoms with Gasteiger partial charge in [-0.25, -0.2) is 0 Å². The van der Waals surface area contributed by atoms with Crippen LogP contribution in [0.15, 0.2) is 54.7 Å². The van der Waals surface area contributed by atoms with Gasteiger partial charge in [-0.1, -0.05) is 17.7 Å². The van der Waals surface area contributed by atoms with Crippen LogP contribution in [0.1, 0.15) is 6.92 Å². The minimum absolute atomic E-state index is 0.0985. The van der Waals surface area contributed by atoms with Gasteiger partial charge in [-0.05, 0) is 49.4 Å². The van der Waals surface area contributed by atoms with E-state index in [0.29, 0.717) is 17.3 Å². The summed E-state index contributed by atoms with van der Waals surface area (Å²) in [6.07, 6.45) is 1.90. The standard InChI is InChI=1S/C18H17ClN2O2/c1-2-23-16-6-7-17-13(10-16)8-9-21(17)12-18(22)20-15-5-3-4-14(19)11-15/h3-11H,2,12H2,1H3,(H,20,22). The number of aromatic nitrogens is 1. The second kappa shape index (κ2) is 6.75. The zero-order valence-electron chi connectivity index (χ0n) is 12.8. The Hall–Kier alpha value is -2.46. The van der Waals surface area contributed by atoms with Crippen LogP contribution >= 0.6 is 11.6 Å². The second-order valence-corrected chi connectivity index (χ2v) is 5.59. The normalized spacial score (nSPS) is 10.7. The van der Waals surface area contributed by atoms with Crippen molar-refractivity contribution in [2.24, 2.45) is 0 Å². The van der Waals surface area contributed by atoms with E-state index < -0.39 is 0 Å². The Labute approximate surface area is 139 Å². The van der Waals surface area contributed by atoms with Crippen LogP contribution in [0.4, 0.5) is 5.69 Å². The summed E-state index contributed by atoms with van der Waals surface area (Å²) in [7, 11) is 0. The van der Waals surface area contributed by atoms with Crippen LogP contribution in [0, 0.1) is 0 Å². The van der Waals surface area contributed by atoms with E-state index in [1.54, 1.807) is 18.2 Å². The van der Waals surface area contributed by atoms with E-state index in [-0.39, 0.29) is 12.5 Å². The molecule has 0 unspecified atom stereocenters. The van der Waals surface area contributed by atoms with Gasteiger partial charge in [-0.15, -0.1) is 0 Å². The summed E-state index contributed by atoms with van der Waals surface area (Å²) < 4.78 is 7.40. The van der Waals surface area contributed by atoms with Gasteiger partial charge in [0.25, 0.3) is 0 Å². The molecule has 0 saturated heterocycles. The molecule has 1 N–H and O–H groups in total. The molecule has 5 heteroatoms. The van der Waals surface area contributed by atoms with Crippen molar-refractivity contribution < 1.29 is 9.53 Å². The highest BCUT2D eigenvalue weighted by Gasteiger charge is 2.08. The Morgan fingerprint density at radius 3 is 2.87 bits per heavy atom. The first-order chi connectivity index (χ1) is 11.2. The monoisotopic (exact) mass is 328 g/mol. The largest absolute Gasteiger partial charge is 0.494 e. The molecule has 0 saturated carbocycles. The van der Waals surface area contributed by atoms with Crippen LogP contribution in [-0.4, -0.2) is 17.1 Å². The van der Waals surface area contributed by atoms with Crippen LogP contribution in [0.2, 0.25) is 5.02 Å². The highest BCUT2D eigenvalue weighted by Crippen LogP contribution is 2.22. The summed E-state index contributed by atoms with van der Waals surface area (Å²) in [5, 5.41) is 4.49. The topological polar surface area (TPSA) is 43.3 Å². The smallest absolute Gasteiger partial charge is 0.244 e. The second-order valence-electron chi connectivity index (χ2n) is 5.16. The van der Waals surface area contributed by atoms with Crippen LogP contribution < -0.4 is 10.1 Å². The quantitative estimate of drug-likeness (QED) is 0.757. The number of rotatable bonds is 5. The third-order valence-corrected chi connectivity index (χ3v) is 3.71. The number of carbonyl (C=O) groups is 1. The molecule has 0 spiro atoms. The lowest BCUT2D eigenvalue weighted by atomic mass is 10.2. The van der Waals surface area contributed by atoms with Crippen LogP contribution in [0.5, 0.6) is 5.75 Å². The lowest BCUT2D eigenvalue weighted by Crippen LogP contribution is -2.18. The number of halogens is 1. The number of anilines is 1. The number of nitrogens with one attached hydrogen (secondary N) is 1. The molecule has 2 aromatic carbocycles. The van der Waals surface area contributed by atoms with E-state index in [1.807, 2.05) is 48.0 Å². The van der Waals surface area contributed by atoms with Crippen LogP contribution in [-0.2, 0) is 11.3 Å². The summed E-state index contributed by atoms with van der Waals surface area (Å²) in [6, 6.07) is 14.9. The molecule has 3 aromatic rings. The van der Waals surface area contributed by atoms with Crippen molar-refractivity contribution in [2.75, 3.05) is 11.9 Å². The van der Waals surface area contributed by atoms with Crippen molar-refractivity contribution in [3.05, 3.63) is 59.8 Å². The summed E-state index contributed by atoms with van der Waals surface area (Å²) in [5.74, 6) is 0.736. The molecule has 0 aliphatic rings. The van der Waals surface area contributed by atoms with E-state index in [9.17, 15) is 4.79 Å². The first-order valence-electron chi connectivity index (χ1n) is 7.43. The Balaban J connectivity index is 1.74.